The summed E-state index contributed by atoms with van der Waals surface area (Å²) >= 11 is 0. The van der Waals surface area contributed by atoms with Gasteiger partial charge in [-0.25, -0.2) is 0 Å². The lowest BCUT2D eigenvalue weighted by Crippen LogP contribution is -2.38. The topological polar surface area (TPSA) is 108 Å². The third-order valence-electron chi connectivity index (χ3n) is 3.42. The van der Waals surface area contributed by atoms with E-state index in [4.69, 9.17) is 25.7 Å². The summed E-state index contributed by atoms with van der Waals surface area (Å²) in [4.78, 5) is 2.32. The number of benzene rings is 1. The van der Waals surface area contributed by atoms with Crippen molar-refractivity contribution in [3.63, 3.8) is 0 Å². The van der Waals surface area contributed by atoms with Crippen LogP contribution in [0.1, 0.15) is 12.5 Å². The lowest BCUT2D eigenvalue weighted by Gasteiger charge is -2.26. The Bertz CT molecular complexity index is 567. The Hall–Kier alpha value is -2.32. The van der Waals surface area contributed by atoms with Crippen LogP contribution in [-0.4, -0.2) is 63.1 Å². The predicted molar refractivity (Wildman–Crippen MR) is 93.8 cm³/mol. The van der Waals surface area contributed by atoms with Crippen molar-refractivity contribution in [2.24, 2.45) is 21.7 Å². The van der Waals surface area contributed by atoms with Crippen molar-refractivity contribution in [1.29, 1.82) is 0 Å². The fourth-order valence-corrected chi connectivity index (χ4v) is 2.26. The maximum absolute atomic E-state index is 5.87. The number of hydrogen-bond donors (Lipinski definition) is 2. The molecule has 0 amide bonds. The molecule has 1 aliphatic rings. The summed E-state index contributed by atoms with van der Waals surface area (Å²) < 4.78 is 16.8. The van der Waals surface area contributed by atoms with Crippen LogP contribution in [-0.2, 0) is 4.74 Å². The van der Waals surface area contributed by atoms with E-state index in [2.05, 4.69) is 15.1 Å². The SMILES string of the molecule is CCOc1cc(C=NN=C(N)N)ccc1OCCN1CCOCC1. The second-order valence-corrected chi connectivity index (χ2v) is 5.21. The molecule has 0 atom stereocenters. The highest BCUT2D eigenvalue weighted by atomic mass is 16.5. The molecular weight excluding hydrogens is 310 g/mol. The third kappa shape index (κ3) is 6.05. The highest BCUT2D eigenvalue weighted by molar-refractivity contribution is 5.82. The van der Waals surface area contributed by atoms with Crippen molar-refractivity contribution in [2.75, 3.05) is 46.1 Å². The number of rotatable bonds is 8. The zero-order valence-electron chi connectivity index (χ0n) is 14.0. The van der Waals surface area contributed by atoms with Crippen molar-refractivity contribution < 1.29 is 14.2 Å². The fourth-order valence-electron chi connectivity index (χ4n) is 2.26. The lowest BCUT2D eigenvalue weighted by molar-refractivity contribution is 0.0321. The third-order valence-corrected chi connectivity index (χ3v) is 3.42. The van der Waals surface area contributed by atoms with Gasteiger partial charge in [-0.2, -0.15) is 5.10 Å². The molecular formula is C16H25N5O3. The summed E-state index contributed by atoms with van der Waals surface area (Å²) in [7, 11) is 0. The summed E-state index contributed by atoms with van der Waals surface area (Å²) in [6, 6.07) is 5.58. The number of hydrogen-bond acceptors (Lipinski definition) is 6. The standard InChI is InChI=1S/C16H25N5O3/c1-2-23-15-11-13(12-19-20-16(17)18)3-4-14(15)24-10-7-21-5-8-22-9-6-21/h3-4,11-12H,2,5-10H2,1H3,(H4,17,18,20). The lowest BCUT2D eigenvalue weighted by atomic mass is 10.2. The van der Waals surface area contributed by atoms with Crippen LogP contribution in [0.2, 0.25) is 0 Å². The first-order chi connectivity index (χ1) is 11.7. The molecule has 0 saturated carbocycles. The van der Waals surface area contributed by atoms with Gasteiger partial charge in [0.05, 0.1) is 26.0 Å². The zero-order chi connectivity index (χ0) is 17.2. The minimum absolute atomic E-state index is 0.0839. The van der Waals surface area contributed by atoms with Crippen LogP contribution >= 0.6 is 0 Å². The Labute approximate surface area is 142 Å². The van der Waals surface area contributed by atoms with Gasteiger partial charge in [0.2, 0.25) is 5.96 Å². The Morgan fingerprint density at radius 1 is 1.25 bits per heavy atom. The molecule has 8 heteroatoms. The first-order valence-corrected chi connectivity index (χ1v) is 8.00. The van der Waals surface area contributed by atoms with E-state index >= 15 is 0 Å². The van der Waals surface area contributed by atoms with Gasteiger partial charge >= 0.3 is 0 Å². The van der Waals surface area contributed by atoms with Gasteiger partial charge in [-0.1, -0.05) is 0 Å². The van der Waals surface area contributed by atoms with Crippen molar-refractivity contribution >= 4 is 12.2 Å². The molecule has 1 fully saturated rings. The molecule has 8 nitrogen and oxygen atoms in total. The molecule has 0 spiro atoms. The van der Waals surface area contributed by atoms with Crippen LogP contribution in [0.5, 0.6) is 11.5 Å². The van der Waals surface area contributed by atoms with Gasteiger partial charge in [-0.3, -0.25) is 4.90 Å². The molecule has 1 heterocycles. The quantitative estimate of drug-likeness (QED) is 0.404. The summed E-state index contributed by atoms with van der Waals surface area (Å²) in [5.41, 5.74) is 11.3. The molecule has 0 radical (unpaired) electrons. The monoisotopic (exact) mass is 335 g/mol. The molecule has 0 unspecified atom stereocenters. The number of guanidine groups is 1. The summed E-state index contributed by atoms with van der Waals surface area (Å²) in [5.74, 6) is 1.30. The maximum atomic E-state index is 5.87. The van der Waals surface area contributed by atoms with Crippen LogP contribution in [0.3, 0.4) is 0 Å². The van der Waals surface area contributed by atoms with Crippen LogP contribution < -0.4 is 20.9 Å². The van der Waals surface area contributed by atoms with Crippen LogP contribution in [0.25, 0.3) is 0 Å². The van der Waals surface area contributed by atoms with Crippen LogP contribution in [0, 0.1) is 0 Å². The zero-order valence-corrected chi connectivity index (χ0v) is 14.0. The van der Waals surface area contributed by atoms with Gasteiger partial charge in [0, 0.05) is 19.6 Å². The highest BCUT2D eigenvalue weighted by Crippen LogP contribution is 2.28. The minimum Gasteiger partial charge on any atom is -0.490 e. The molecule has 24 heavy (non-hydrogen) atoms. The molecule has 4 N–H and O–H groups in total. The molecule has 1 aromatic carbocycles. The van der Waals surface area contributed by atoms with E-state index in [9.17, 15) is 0 Å². The first-order valence-electron chi connectivity index (χ1n) is 8.00. The van der Waals surface area contributed by atoms with E-state index in [0.717, 1.165) is 38.4 Å². The minimum atomic E-state index is -0.0839. The number of nitrogens with two attached hydrogens (primary N) is 2. The average molecular weight is 335 g/mol. The second-order valence-electron chi connectivity index (χ2n) is 5.21. The summed E-state index contributed by atoms with van der Waals surface area (Å²) in [6.07, 6.45) is 1.56. The van der Waals surface area contributed by atoms with Gasteiger partial charge < -0.3 is 25.7 Å². The van der Waals surface area contributed by atoms with Gasteiger partial charge in [-0.15, -0.1) is 5.10 Å². The molecule has 2 rings (SSSR count). The van der Waals surface area contributed by atoms with Crippen molar-refractivity contribution in [2.45, 2.75) is 6.92 Å². The van der Waals surface area contributed by atoms with Crippen molar-refractivity contribution in [3.05, 3.63) is 23.8 Å². The normalized spacial score (nSPS) is 15.4. The second kappa shape index (κ2) is 9.74. The largest absolute Gasteiger partial charge is 0.490 e. The molecule has 1 saturated heterocycles. The van der Waals surface area contributed by atoms with Crippen molar-refractivity contribution in [3.8, 4) is 11.5 Å². The summed E-state index contributed by atoms with van der Waals surface area (Å²) in [6.45, 7) is 7.40. The van der Waals surface area contributed by atoms with Crippen LogP contribution in [0.4, 0.5) is 0 Å². The first kappa shape index (κ1) is 18.0. The number of ether oxygens (including phenoxy) is 3. The number of nitrogens with zero attached hydrogens (tertiary/aromatic N) is 3. The smallest absolute Gasteiger partial charge is 0.211 e. The van der Waals surface area contributed by atoms with Gasteiger partial charge in [0.25, 0.3) is 0 Å². The molecule has 0 bridgehead atoms. The van der Waals surface area contributed by atoms with Gasteiger partial charge in [-0.05, 0) is 30.7 Å². The Morgan fingerprint density at radius 3 is 2.75 bits per heavy atom. The average Bonchev–Trinajstić information content (AvgIpc) is 2.57. The molecule has 0 aliphatic carbocycles. The van der Waals surface area contributed by atoms with E-state index in [1.165, 1.54) is 0 Å². The van der Waals surface area contributed by atoms with Gasteiger partial charge in [0.1, 0.15) is 6.61 Å². The molecule has 0 aromatic heterocycles. The predicted octanol–water partition coefficient (Wildman–Crippen LogP) is 0.404. The van der Waals surface area contributed by atoms with E-state index in [0.29, 0.717) is 24.7 Å². The van der Waals surface area contributed by atoms with Gasteiger partial charge in [0.15, 0.2) is 11.5 Å². The highest BCUT2D eigenvalue weighted by Gasteiger charge is 2.11. The number of morpholine rings is 1. The van der Waals surface area contributed by atoms with E-state index in [1.54, 1.807) is 6.21 Å². The van der Waals surface area contributed by atoms with E-state index in [-0.39, 0.29) is 5.96 Å². The fraction of sp³-hybridized carbons (Fsp3) is 0.500. The van der Waals surface area contributed by atoms with Crippen LogP contribution in [0.15, 0.2) is 28.4 Å². The maximum Gasteiger partial charge on any atom is 0.211 e. The molecule has 132 valence electrons. The Balaban J connectivity index is 1.95. The van der Waals surface area contributed by atoms with E-state index < -0.39 is 0 Å². The van der Waals surface area contributed by atoms with Crippen molar-refractivity contribution in [1.82, 2.24) is 4.90 Å². The molecule has 1 aromatic rings. The Kier molecular flexibility index (Phi) is 7.31. The molecule has 1 aliphatic heterocycles. The Morgan fingerprint density at radius 2 is 2.04 bits per heavy atom. The summed E-state index contributed by atoms with van der Waals surface area (Å²) in [5, 5.41) is 7.37. The van der Waals surface area contributed by atoms with E-state index in [1.807, 2.05) is 25.1 Å².